The Bertz CT molecular complexity index is 364. The third kappa shape index (κ3) is 11.4. The minimum Gasteiger partial charge on any atom is -0.393 e. The quantitative estimate of drug-likeness (QED) is 0.179. The second-order valence-corrected chi connectivity index (χ2v) is 8.05. The summed E-state index contributed by atoms with van der Waals surface area (Å²) in [5.41, 5.74) is 0. The largest absolute Gasteiger partial charge is 0.393 e. The molecule has 25 heavy (non-hydrogen) atoms. The van der Waals surface area contributed by atoms with E-state index in [-0.39, 0.29) is 17.9 Å². The van der Waals surface area contributed by atoms with Crippen molar-refractivity contribution in [2.75, 3.05) is 0 Å². The molecule has 0 spiro atoms. The van der Waals surface area contributed by atoms with Crippen LogP contribution in [0.4, 0.5) is 0 Å². The number of ether oxygens (including phenoxy) is 1. The van der Waals surface area contributed by atoms with Gasteiger partial charge in [-0.05, 0) is 12.3 Å². The van der Waals surface area contributed by atoms with Crippen molar-refractivity contribution in [2.45, 2.75) is 117 Å². The Morgan fingerprint density at radius 2 is 1.36 bits per heavy atom. The van der Waals surface area contributed by atoms with Crippen molar-refractivity contribution in [3.63, 3.8) is 0 Å². The van der Waals surface area contributed by atoms with Crippen LogP contribution in [0.1, 0.15) is 117 Å². The van der Waals surface area contributed by atoms with E-state index < -0.39 is 0 Å². The number of unbranched alkanes of at least 4 members (excludes halogenated alkanes) is 10. The molecule has 0 saturated carbocycles. The summed E-state index contributed by atoms with van der Waals surface area (Å²) in [6.45, 7) is 4.69. The predicted molar refractivity (Wildman–Crippen MR) is 103 cm³/mol. The number of hydrogen-bond acceptors (Lipinski definition) is 3. The Kier molecular flexibility index (Phi) is 12.7. The Hall–Kier alpha value is -0.860. The fraction of sp³-hybridized carbons (Fsp3) is 0.909. The summed E-state index contributed by atoms with van der Waals surface area (Å²) >= 11 is 0. The first-order valence-electron chi connectivity index (χ1n) is 10.9. The van der Waals surface area contributed by atoms with Crippen LogP contribution in [0.2, 0.25) is 0 Å². The highest BCUT2D eigenvalue weighted by Crippen LogP contribution is 2.23. The van der Waals surface area contributed by atoms with Gasteiger partial charge in [0.15, 0.2) is 0 Å². The van der Waals surface area contributed by atoms with Crippen LogP contribution >= 0.6 is 0 Å². The highest BCUT2D eigenvalue weighted by Gasteiger charge is 2.32. The van der Waals surface area contributed by atoms with Gasteiger partial charge in [0.1, 0.15) is 0 Å². The molecule has 2 unspecified atom stereocenters. The fourth-order valence-electron chi connectivity index (χ4n) is 3.75. The maximum atomic E-state index is 11.3. The van der Waals surface area contributed by atoms with Crippen molar-refractivity contribution < 1.29 is 14.3 Å². The van der Waals surface area contributed by atoms with Crippen molar-refractivity contribution in [2.24, 2.45) is 11.8 Å². The van der Waals surface area contributed by atoms with Gasteiger partial charge in [0.2, 0.25) is 0 Å². The first kappa shape index (κ1) is 22.2. The lowest BCUT2D eigenvalue weighted by atomic mass is 9.96. The van der Waals surface area contributed by atoms with Crippen LogP contribution in [0.3, 0.4) is 0 Å². The lowest BCUT2D eigenvalue weighted by molar-refractivity contribution is -0.153. The van der Waals surface area contributed by atoms with E-state index in [0.29, 0.717) is 6.42 Å². The second-order valence-electron chi connectivity index (χ2n) is 8.05. The van der Waals surface area contributed by atoms with Gasteiger partial charge in [-0.2, -0.15) is 0 Å². The lowest BCUT2D eigenvalue weighted by Crippen LogP contribution is -2.06. The Morgan fingerprint density at radius 1 is 0.840 bits per heavy atom. The molecule has 1 heterocycles. The first-order chi connectivity index (χ1) is 12.1. The number of carbonyl (C=O) groups excluding carboxylic acids is 2. The van der Waals surface area contributed by atoms with Gasteiger partial charge in [-0.1, -0.05) is 104 Å². The molecular formula is C22H40O3. The third-order valence-corrected chi connectivity index (χ3v) is 5.51. The minimum atomic E-state index is -0.342. The summed E-state index contributed by atoms with van der Waals surface area (Å²) < 4.78 is 4.58. The standard InChI is InChI=1S/C22H40O3/c1-3-4-5-12-15-19(2)16-13-10-8-6-7-9-11-14-17-20-18-21(23)25-22(20)24/h19-20H,3-18H2,1-2H3. The molecule has 1 saturated heterocycles. The molecule has 1 aliphatic rings. The normalized spacial score (nSPS) is 18.6. The molecule has 1 fully saturated rings. The van der Waals surface area contributed by atoms with E-state index in [1.807, 2.05) is 0 Å². The van der Waals surface area contributed by atoms with Crippen LogP contribution in [0.25, 0.3) is 0 Å². The van der Waals surface area contributed by atoms with E-state index in [0.717, 1.165) is 18.8 Å². The Labute approximate surface area is 155 Å². The van der Waals surface area contributed by atoms with Crippen molar-refractivity contribution in [3.05, 3.63) is 0 Å². The number of hydrogen-bond donors (Lipinski definition) is 0. The molecule has 1 aliphatic heterocycles. The van der Waals surface area contributed by atoms with Gasteiger partial charge < -0.3 is 4.74 Å². The summed E-state index contributed by atoms with van der Waals surface area (Å²) in [6, 6.07) is 0. The van der Waals surface area contributed by atoms with E-state index in [4.69, 9.17) is 0 Å². The van der Waals surface area contributed by atoms with Crippen molar-refractivity contribution in [3.8, 4) is 0 Å². The van der Waals surface area contributed by atoms with Crippen LogP contribution in [0, 0.1) is 11.8 Å². The molecule has 0 radical (unpaired) electrons. The van der Waals surface area contributed by atoms with E-state index in [2.05, 4.69) is 18.6 Å². The molecule has 0 aliphatic carbocycles. The minimum absolute atomic E-state index is 0.156. The van der Waals surface area contributed by atoms with Crippen LogP contribution in [-0.4, -0.2) is 11.9 Å². The third-order valence-electron chi connectivity index (χ3n) is 5.51. The van der Waals surface area contributed by atoms with Crippen molar-refractivity contribution >= 4 is 11.9 Å². The van der Waals surface area contributed by atoms with E-state index >= 15 is 0 Å². The molecule has 0 aromatic heterocycles. The zero-order valence-electron chi connectivity index (χ0n) is 16.7. The van der Waals surface area contributed by atoms with Gasteiger partial charge in [0.25, 0.3) is 0 Å². The van der Waals surface area contributed by atoms with Gasteiger partial charge >= 0.3 is 11.9 Å². The maximum Gasteiger partial charge on any atom is 0.317 e. The van der Waals surface area contributed by atoms with Gasteiger partial charge in [-0.25, -0.2) is 0 Å². The summed E-state index contributed by atoms with van der Waals surface area (Å²) in [5.74, 6) is 0.109. The monoisotopic (exact) mass is 352 g/mol. The summed E-state index contributed by atoms with van der Waals surface area (Å²) in [6.07, 6.45) is 19.8. The lowest BCUT2D eigenvalue weighted by Gasteiger charge is -2.10. The zero-order chi connectivity index (χ0) is 18.3. The molecule has 0 aromatic carbocycles. The van der Waals surface area contributed by atoms with Gasteiger partial charge in [0, 0.05) is 0 Å². The van der Waals surface area contributed by atoms with Gasteiger partial charge in [-0.15, -0.1) is 0 Å². The van der Waals surface area contributed by atoms with Crippen LogP contribution in [0.15, 0.2) is 0 Å². The number of cyclic esters (lactones) is 2. The van der Waals surface area contributed by atoms with E-state index in [9.17, 15) is 9.59 Å². The number of rotatable bonds is 16. The van der Waals surface area contributed by atoms with Gasteiger partial charge in [0.05, 0.1) is 12.3 Å². The van der Waals surface area contributed by atoms with Crippen molar-refractivity contribution in [1.82, 2.24) is 0 Å². The maximum absolute atomic E-state index is 11.3. The molecule has 1 rings (SSSR count). The van der Waals surface area contributed by atoms with E-state index in [1.165, 1.54) is 83.5 Å². The topological polar surface area (TPSA) is 43.4 Å². The molecule has 0 bridgehead atoms. The fourth-order valence-corrected chi connectivity index (χ4v) is 3.75. The average Bonchev–Trinajstić information content (AvgIpc) is 2.91. The highest BCUT2D eigenvalue weighted by atomic mass is 16.6. The average molecular weight is 353 g/mol. The summed E-state index contributed by atoms with van der Waals surface area (Å²) in [4.78, 5) is 22.3. The van der Waals surface area contributed by atoms with Crippen LogP contribution < -0.4 is 0 Å². The Balaban J connectivity index is 1.80. The number of carbonyl (C=O) groups is 2. The van der Waals surface area contributed by atoms with Crippen LogP contribution in [-0.2, 0) is 14.3 Å². The Morgan fingerprint density at radius 3 is 1.88 bits per heavy atom. The van der Waals surface area contributed by atoms with Gasteiger partial charge in [-0.3, -0.25) is 9.59 Å². The summed E-state index contributed by atoms with van der Waals surface area (Å²) in [5, 5.41) is 0. The SMILES string of the molecule is CCCCCCC(C)CCCCCCCCCCC1CC(=O)OC1=O. The molecule has 146 valence electrons. The molecule has 3 nitrogen and oxygen atoms in total. The smallest absolute Gasteiger partial charge is 0.317 e. The summed E-state index contributed by atoms with van der Waals surface area (Å²) in [7, 11) is 0. The highest BCUT2D eigenvalue weighted by molar-refractivity contribution is 5.94. The first-order valence-corrected chi connectivity index (χ1v) is 10.9. The molecule has 3 heteroatoms. The van der Waals surface area contributed by atoms with Crippen LogP contribution in [0.5, 0.6) is 0 Å². The zero-order valence-corrected chi connectivity index (χ0v) is 16.7. The van der Waals surface area contributed by atoms with E-state index in [1.54, 1.807) is 0 Å². The molecule has 2 atom stereocenters. The molecule has 0 aromatic rings. The predicted octanol–water partition coefficient (Wildman–Crippen LogP) is 6.58. The van der Waals surface area contributed by atoms with Crippen molar-refractivity contribution in [1.29, 1.82) is 0 Å². The number of esters is 2. The molecular weight excluding hydrogens is 312 g/mol. The second kappa shape index (κ2) is 14.3. The molecule has 0 amide bonds. The molecule has 0 N–H and O–H groups in total.